The van der Waals surface area contributed by atoms with Crippen LogP contribution in [0.4, 0.5) is 0 Å². The van der Waals surface area contributed by atoms with Crippen LogP contribution in [0.5, 0.6) is 0 Å². The molecule has 1 saturated carbocycles. The van der Waals surface area contributed by atoms with Crippen LogP contribution in [-0.2, 0) is 9.59 Å². The minimum Gasteiger partial charge on any atom is -0.394 e. The highest BCUT2D eigenvalue weighted by atomic mass is 16.3. The van der Waals surface area contributed by atoms with Gasteiger partial charge in [0.2, 0.25) is 11.8 Å². The predicted octanol–water partition coefficient (Wildman–Crippen LogP) is -0.846. The average Bonchev–Trinajstić information content (AvgIpc) is 2.58. The summed E-state index contributed by atoms with van der Waals surface area (Å²) in [7, 11) is 0. The van der Waals surface area contributed by atoms with Gasteiger partial charge in [-0.05, 0) is 19.3 Å². The number of nitrogens with one attached hydrogen (secondary N) is 2. The van der Waals surface area contributed by atoms with Crippen LogP contribution in [0.25, 0.3) is 0 Å². The molecular formula is C10H16N2O3. The van der Waals surface area contributed by atoms with Gasteiger partial charge < -0.3 is 15.7 Å². The van der Waals surface area contributed by atoms with Gasteiger partial charge in [0.15, 0.2) is 0 Å². The summed E-state index contributed by atoms with van der Waals surface area (Å²) >= 11 is 0. The maximum atomic E-state index is 11.7. The summed E-state index contributed by atoms with van der Waals surface area (Å²) in [4.78, 5) is 22.7. The molecule has 2 fully saturated rings. The lowest BCUT2D eigenvalue weighted by molar-refractivity contribution is -0.129. The van der Waals surface area contributed by atoms with Crippen molar-refractivity contribution in [2.24, 2.45) is 5.92 Å². The molecule has 0 bridgehead atoms. The zero-order valence-corrected chi connectivity index (χ0v) is 8.58. The van der Waals surface area contributed by atoms with Crippen molar-refractivity contribution >= 4 is 11.8 Å². The lowest BCUT2D eigenvalue weighted by Crippen LogP contribution is -2.57. The zero-order chi connectivity index (χ0) is 10.9. The molecule has 0 spiro atoms. The zero-order valence-electron chi connectivity index (χ0n) is 8.58. The molecule has 1 saturated heterocycles. The Morgan fingerprint density at radius 2 is 2.33 bits per heavy atom. The number of amides is 2. The van der Waals surface area contributed by atoms with E-state index in [1.807, 2.05) is 0 Å². The topological polar surface area (TPSA) is 78.4 Å². The standard InChI is InChI=1S/C10H16N2O3/c13-6-10(2-1-3-10)12-9(15)7-4-8(14)11-5-7/h7,13H,1-6H2,(H,11,14)(H,12,15). The Morgan fingerprint density at radius 1 is 1.60 bits per heavy atom. The number of aliphatic hydroxyl groups is 1. The van der Waals surface area contributed by atoms with Crippen molar-refractivity contribution in [3.05, 3.63) is 0 Å². The van der Waals surface area contributed by atoms with Gasteiger partial charge in [-0.3, -0.25) is 9.59 Å². The van der Waals surface area contributed by atoms with Crippen molar-refractivity contribution in [2.75, 3.05) is 13.2 Å². The van der Waals surface area contributed by atoms with E-state index in [9.17, 15) is 14.7 Å². The smallest absolute Gasteiger partial charge is 0.225 e. The van der Waals surface area contributed by atoms with E-state index >= 15 is 0 Å². The Labute approximate surface area is 88.2 Å². The van der Waals surface area contributed by atoms with E-state index in [1.165, 1.54) is 0 Å². The second-order valence-corrected chi connectivity index (χ2v) is 4.49. The van der Waals surface area contributed by atoms with Gasteiger partial charge in [0.25, 0.3) is 0 Å². The van der Waals surface area contributed by atoms with Crippen molar-refractivity contribution in [2.45, 2.75) is 31.2 Å². The Morgan fingerprint density at radius 3 is 2.73 bits per heavy atom. The summed E-state index contributed by atoms with van der Waals surface area (Å²) in [6.07, 6.45) is 2.99. The number of rotatable bonds is 3. The quantitative estimate of drug-likeness (QED) is 0.570. The molecular weight excluding hydrogens is 196 g/mol. The second kappa shape index (κ2) is 3.81. The Balaban J connectivity index is 1.89. The summed E-state index contributed by atoms with van der Waals surface area (Å²) in [5, 5.41) is 14.7. The van der Waals surface area contributed by atoms with Gasteiger partial charge in [-0.1, -0.05) is 0 Å². The fourth-order valence-electron chi connectivity index (χ4n) is 2.08. The highest BCUT2D eigenvalue weighted by molar-refractivity contribution is 5.89. The molecule has 3 N–H and O–H groups in total. The van der Waals surface area contributed by atoms with Crippen LogP contribution < -0.4 is 10.6 Å². The molecule has 0 radical (unpaired) electrons. The third-order valence-electron chi connectivity index (χ3n) is 3.35. The maximum absolute atomic E-state index is 11.7. The summed E-state index contributed by atoms with van der Waals surface area (Å²) in [6, 6.07) is 0. The third kappa shape index (κ3) is 1.97. The van der Waals surface area contributed by atoms with Crippen LogP contribution in [0.15, 0.2) is 0 Å². The number of carbonyl (C=O) groups excluding carboxylic acids is 2. The average molecular weight is 212 g/mol. The molecule has 0 aromatic rings. The number of hydrogen-bond acceptors (Lipinski definition) is 3. The van der Waals surface area contributed by atoms with Crippen molar-refractivity contribution in [3.8, 4) is 0 Å². The SMILES string of the molecule is O=C1CC(C(=O)NC2(CO)CCC2)CN1. The van der Waals surface area contributed by atoms with Crippen molar-refractivity contribution in [1.29, 1.82) is 0 Å². The van der Waals surface area contributed by atoms with E-state index in [2.05, 4.69) is 10.6 Å². The summed E-state index contributed by atoms with van der Waals surface area (Å²) < 4.78 is 0. The molecule has 1 heterocycles. The molecule has 5 heteroatoms. The summed E-state index contributed by atoms with van der Waals surface area (Å²) in [5.41, 5.74) is -0.400. The monoisotopic (exact) mass is 212 g/mol. The van der Waals surface area contributed by atoms with Crippen molar-refractivity contribution in [3.63, 3.8) is 0 Å². The van der Waals surface area contributed by atoms with Crippen molar-refractivity contribution < 1.29 is 14.7 Å². The molecule has 1 aliphatic carbocycles. The number of carbonyl (C=O) groups is 2. The lowest BCUT2D eigenvalue weighted by Gasteiger charge is -2.41. The molecule has 2 amide bonds. The van der Waals surface area contributed by atoms with Gasteiger partial charge in [-0.25, -0.2) is 0 Å². The van der Waals surface area contributed by atoms with E-state index in [0.29, 0.717) is 6.54 Å². The molecule has 84 valence electrons. The van der Waals surface area contributed by atoms with Crippen LogP contribution >= 0.6 is 0 Å². The first kappa shape index (κ1) is 10.4. The molecule has 1 atom stereocenters. The van der Waals surface area contributed by atoms with Crippen molar-refractivity contribution in [1.82, 2.24) is 10.6 Å². The second-order valence-electron chi connectivity index (χ2n) is 4.49. The first-order chi connectivity index (χ1) is 7.15. The van der Waals surface area contributed by atoms with E-state index in [1.54, 1.807) is 0 Å². The largest absolute Gasteiger partial charge is 0.394 e. The minimum atomic E-state index is -0.400. The van der Waals surface area contributed by atoms with E-state index < -0.39 is 5.54 Å². The lowest BCUT2D eigenvalue weighted by atomic mass is 9.77. The Kier molecular flexibility index (Phi) is 2.65. The van der Waals surface area contributed by atoms with Crippen LogP contribution in [0.1, 0.15) is 25.7 Å². The van der Waals surface area contributed by atoms with Gasteiger partial charge in [-0.2, -0.15) is 0 Å². The molecule has 15 heavy (non-hydrogen) atoms. The van der Waals surface area contributed by atoms with Gasteiger partial charge >= 0.3 is 0 Å². The fraction of sp³-hybridized carbons (Fsp3) is 0.800. The third-order valence-corrected chi connectivity index (χ3v) is 3.35. The predicted molar refractivity (Wildman–Crippen MR) is 52.9 cm³/mol. The van der Waals surface area contributed by atoms with Crippen LogP contribution in [0.2, 0.25) is 0 Å². The summed E-state index contributed by atoms with van der Waals surface area (Å²) in [5.74, 6) is -0.439. The Hall–Kier alpha value is -1.10. The van der Waals surface area contributed by atoms with Gasteiger partial charge in [-0.15, -0.1) is 0 Å². The fourth-order valence-corrected chi connectivity index (χ4v) is 2.08. The van der Waals surface area contributed by atoms with Gasteiger partial charge in [0.05, 0.1) is 18.1 Å². The highest BCUT2D eigenvalue weighted by Crippen LogP contribution is 2.31. The van der Waals surface area contributed by atoms with E-state index in [-0.39, 0.29) is 30.8 Å². The normalized spacial score (nSPS) is 28.1. The molecule has 5 nitrogen and oxygen atoms in total. The Bertz CT molecular complexity index is 281. The molecule has 1 unspecified atom stereocenters. The van der Waals surface area contributed by atoms with Gasteiger partial charge in [0.1, 0.15) is 0 Å². The summed E-state index contributed by atoms with van der Waals surface area (Å²) in [6.45, 7) is 0.416. The molecule has 2 rings (SSSR count). The maximum Gasteiger partial charge on any atom is 0.225 e. The van der Waals surface area contributed by atoms with E-state index in [0.717, 1.165) is 19.3 Å². The van der Waals surface area contributed by atoms with Crippen LogP contribution in [-0.4, -0.2) is 35.6 Å². The minimum absolute atomic E-state index is 0.00711. The highest BCUT2D eigenvalue weighted by Gasteiger charge is 2.40. The van der Waals surface area contributed by atoms with Crippen LogP contribution in [0.3, 0.4) is 0 Å². The molecule has 0 aromatic heterocycles. The van der Waals surface area contributed by atoms with E-state index in [4.69, 9.17) is 0 Å². The van der Waals surface area contributed by atoms with Gasteiger partial charge in [0, 0.05) is 13.0 Å². The molecule has 1 aliphatic heterocycles. The molecule has 2 aliphatic rings. The first-order valence-electron chi connectivity index (χ1n) is 5.35. The van der Waals surface area contributed by atoms with Crippen LogP contribution in [0, 0.1) is 5.92 Å². The number of aliphatic hydroxyl groups excluding tert-OH is 1. The number of hydrogen-bond donors (Lipinski definition) is 3. The molecule has 0 aromatic carbocycles. The first-order valence-corrected chi connectivity index (χ1v) is 5.35.